The van der Waals surface area contributed by atoms with Gasteiger partial charge < -0.3 is 0 Å². The van der Waals surface area contributed by atoms with Crippen molar-refractivity contribution < 1.29 is 0 Å². The SMILES string of the molecule is BCBBBBBC. The van der Waals surface area contributed by atoms with Crippen LogP contribution in [-0.2, 0) is 0 Å². The summed E-state index contributed by atoms with van der Waals surface area (Å²) in [6.45, 7) is 2.26. The van der Waals surface area contributed by atoms with Crippen molar-refractivity contribution in [1.82, 2.24) is 0 Å². The lowest BCUT2D eigenvalue weighted by atomic mass is 9.01. The molecule has 0 atom stereocenters. The van der Waals surface area contributed by atoms with E-state index in [0.29, 0.717) is 0 Å². The fourth-order valence-corrected chi connectivity index (χ4v) is 0.854. The van der Waals surface area contributed by atoms with Gasteiger partial charge >= 0.3 is 0 Å². The van der Waals surface area contributed by atoms with Crippen LogP contribution in [0.15, 0.2) is 0 Å². The van der Waals surface area contributed by atoms with Crippen molar-refractivity contribution in [3.8, 4) is 0 Å². The molecule has 6 heteroatoms. The van der Waals surface area contributed by atoms with Crippen LogP contribution in [0.2, 0.25) is 13.0 Å². The van der Waals surface area contributed by atoms with Crippen LogP contribution < -0.4 is 0 Å². The average molecular weight is 101 g/mol. The molecular formula is C2H12B6. The van der Waals surface area contributed by atoms with Gasteiger partial charge in [0.15, 0.2) is 0 Å². The van der Waals surface area contributed by atoms with Gasteiger partial charge in [-0.15, -0.1) is 6.22 Å². The Balaban J connectivity index is 2.53. The highest BCUT2D eigenvalue weighted by molar-refractivity contribution is 7.53. The van der Waals surface area contributed by atoms with Crippen LogP contribution in [0.1, 0.15) is 0 Å². The van der Waals surface area contributed by atoms with Crippen LogP contribution in [0.4, 0.5) is 0 Å². The molecule has 0 aromatic heterocycles. The van der Waals surface area contributed by atoms with Crippen molar-refractivity contribution in [1.29, 1.82) is 0 Å². The Kier molecular flexibility index (Phi) is 7.75. The molecule has 0 unspecified atom stereocenters. The lowest BCUT2D eigenvalue weighted by Gasteiger charge is -1.85. The summed E-state index contributed by atoms with van der Waals surface area (Å²) >= 11 is 0. The highest BCUT2D eigenvalue weighted by atomic mass is 13.1. The largest absolute Gasteiger partial charge is 0.111 e. The first-order chi connectivity index (χ1) is 3.91. The molecule has 8 heavy (non-hydrogen) atoms. The van der Waals surface area contributed by atoms with Crippen molar-refractivity contribution in [3.63, 3.8) is 0 Å². The average Bonchev–Trinajstić information content (AvgIpc) is 1.81. The maximum absolute atomic E-state index is 2.26. The van der Waals surface area contributed by atoms with Gasteiger partial charge in [0.2, 0.25) is 0 Å². The van der Waals surface area contributed by atoms with Crippen molar-refractivity contribution in [2.24, 2.45) is 0 Å². The zero-order valence-electron chi connectivity index (χ0n) is 6.24. The number of hydrogen-bond acceptors (Lipinski definition) is 0. The highest BCUT2D eigenvalue weighted by Crippen LogP contribution is 1.62. The van der Waals surface area contributed by atoms with Crippen LogP contribution in [0.5, 0.6) is 0 Å². The molecule has 0 amide bonds. The Hall–Kier alpha value is 0.390. The second-order valence-electron chi connectivity index (χ2n) is 2.41. The second kappa shape index (κ2) is 7.39. The van der Waals surface area contributed by atoms with E-state index in [2.05, 4.69) is 14.7 Å². The lowest BCUT2D eigenvalue weighted by Crippen LogP contribution is -2.21. The van der Waals surface area contributed by atoms with Gasteiger partial charge in [-0.3, -0.25) is 0 Å². The molecule has 0 bridgehead atoms. The molecule has 0 aliphatic rings. The summed E-state index contributed by atoms with van der Waals surface area (Å²) in [6.07, 6.45) is 1.36. The molecule has 0 aromatic rings. The summed E-state index contributed by atoms with van der Waals surface area (Å²) in [4.78, 5) is 0. The molecule has 0 saturated heterocycles. The van der Waals surface area contributed by atoms with E-state index in [4.69, 9.17) is 0 Å². The Bertz CT molecular complexity index is 31.5. The molecule has 0 radical (unpaired) electrons. The van der Waals surface area contributed by atoms with Gasteiger partial charge in [-0.25, -0.2) is 0 Å². The molecule has 0 saturated carbocycles. The van der Waals surface area contributed by atoms with E-state index in [-0.39, 0.29) is 0 Å². The first-order valence-corrected chi connectivity index (χ1v) is 3.91. The smallest absolute Gasteiger partial charge is 0.0921 e. The summed E-state index contributed by atoms with van der Waals surface area (Å²) in [7, 11) is 9.38. The van der Waals surface area contributed by atoms with Crippen LogP contribution in [0.3, 0.4) is 0 Å². The Morgan fingerprint density at radius 2 is 2.00 bits per heavy atom. The normalized spacial score (nSPS) is 7.12. The molecule has 0 rings (SSSR count). The minimum Gasteiger partial charge on any atom is -0.111 e. The van der Waals surface area contributed by atoms with Gasteiger partial charge in [0, 0.05) is 21.2 Å². The van der Waals surface area contributed by atoms with E-state index < -0.39 is 0 Å². The third-order valence-electron chi connectivity index (χ3n) is 1.46. The molecular weight excluding hydrogens is 88.9 g/mol. The summed E-state index contributed by atoms with van der Waals surface area (Å²) in [5.41, 5.74) is 0. The van der Waals surface area contributed by atoms with Crippen LogP contribution in [-0.4, -0.2) is 43.4 Å². The summed E-state index contributed by atoms with van der Waals surface area (Å²) in [6, 6.07) is 0. The number of rotatable bonds is 5. The summed E-state index contributed by atoms with van der Waals surface area (Å²) < 4.78 is 0. The predicted molar refractivity (Wildman–Crippen MR) is 55.0 cm³/mol. The van der Waals surface area contributed by atoms with Crippen LogP contribution in [0, 0.1) is 0 Å². The maximum Gasteiger partial charge on any atom is 0.0921 e. The zero-order valence-corrected chi connectivity index (χ0v) is 6.24. The standard InChI is InChI=1S/C2H12B6/c1-4-6-8-7-5-2-3/h4-8H,2-3H2,1H3. The quantitative estimate of drug-likeness (QED) is 0.254. The molecule has 0 heterocycles. The summed E-state index contributed by atoms with van der Waals surface area (Å²) in [5, 5.41) is 0. The molecule has 38 valence electrons. The molecule has 0 spiro atoms. The fourth-order valence-electron chi connectivity index (χ4n) is 0.854. The first kappa shape index (κ1) is 8.39. The molecule has 0 aromatic carbocycles. The summed E-state index contributed by atoms with van der Waals surface area (Å²) in [5.74, 6) is 0. The topological polar surface area (TPSA) is 0 Å². The number of hydrogen-bond donors (Lipinski definition) is 0. The van der Waals surface area contributed by atoms with E-state index in [9.17, 15) is 0 Å². The van der Waals surface area contributed by atoms with Crippen LogP contribution in [0.25, 0.3) is 0 Å². The van der Waals surface area contributed by atoms with Crippen molar-refractivity contribution in [2.75, 3.05) is 0 Å². The van der Waals surface area contributed by atoms with Gasteiger partial charge in [0.1, 0.15) is 0 Å². The predicted octanol–water partition coefficient (Wildman–Crippen LogP) is -3.11. The van der Waals surface area contributed by atoms with E-state index in [1.165, 1.54) is 41.7 Å². The van der Waals surface area contributed by atoms with Gasteiger partial charge in [0.25, 0.3) is 0 Å². The lowest BCUT2D eigenvalue weighted by molar-refractivity contribution is 2.12. The van der Waals surface area contributed by atoms with Crippen LogP contribution >= 0.6 is 0 Å². The molecule has 0 aliphatic carbocycles. The van der Waals surface area contributed by atoms with Crippen molar-refractivity contribution in [3.05, 3.63) is 0 Å². The van der Waals surface area contributed by atoms with Crippen molar-refractivity contribution >= 4 is 43.4 Å². The zero-order chi connectivity index (χ0) is 6.24. The van der Waals surface area contributed by atoms with Gasteiger partial charge in [0.05, 0.1) is 22.2 Å². The Morgan fingerprint density at radius 1 is 1.25 bits per heavy atom. The van der Waals surface area contributed by atoms with Gasteiger partial charge in [-0.2, -0.15) is 0 Å². The third-order valence-corrected chi connectivity index (χ3v) is 1.46. The minimum absolute atomic E-state index is 1.36. The Labute approximate surface area is 57.1 Å². The van der Waals surface area contributed by atoms with E-state index in [0.717, 1.165) is 0 Å². The van der Waals surface area contributed by atoms with Gasteiger partial charge in [-0.1, -0.05) is 6.82 Å². The van der Waals surface area contributed by atoms with E-state index in [1.807, 2.05) is 0 Å². The van der Waals surface area contributed by atoms with Crippen molar-refractivity contribution in [2.45, 2.75) is 13.0 Å². The first-order valence-electron chi connectivity index (χ1n) is 3.91. The molecule has 0 N–H and O–H groups in total. The second-order valence-corrected chi connectivity index (χ2v) is 2.41. The van der Waals surface area contributed by atoms with E-state index >= 15 is 0 Å². The third kappa shape index (κ3) is 6.39. The molecule has 0 fully saturated rings. The Morgan fingerprint density at radius 3 is 2.50 bits per heavy atom. The maximum atomic E-state index is 2.26. The molecule has 0 nitrogen and oxygen atoms in total. The minimum atomic E-state index is 1.36. The fraction of sp³-hybridized carbons (Fsp3) is 1.00. The molecule has 0 aliphatic heterocycles. The van der Waals surface area contributed by atoms with E-state index in [1.54, 1.807) is 0 Å². The monoisotopic (exact) mass is 102 g/mol. The van der Waals surface area contributed by atoms with Gasteiger partial charge in [-0.05, 0) is 0 Å². The highest BCUT2D eigenvalue weighted by Gasteiger charge is 1.92.